The van der Waals surface area contributed by atoms with E-state index in [0.717, 1.165) is 11.1 Å². The molecule has 0 spiro atoms. The van der Waals surface area contributed by atoms with Crippen molar-refractivity contribution in [2.24, 2.45) is 5.16 Å². The van der Waals surface area contributed by atoms with Gasteiger partial charge < -0.3 is 10.2 Å². The van der Waals surface area contributed by atoms with E-state index in [1.165, 1.54) is 25.5 Å². The number of oxime groups is 1. The van der Waals surface area contributed by atoms with Crippen molar-refractivity contribution in [2.45, 2.75) is 6.92 Å². The highest BCUT2D eigenvalue weighted by molar-refractivity contribution is 6.05. The Kier molecular flexibility index (Phi) is 5.03. The van der Waals surface area contributed by atoms with Crippen LogP contribution in [0.1, 0.15) is 21.5 Å². The summed E-state index contributed by atoms with van der Waals surface area (Å²) in [5.74, 6) is -0.344. The fourth-order valence-corrected chi connectivity index (χ4v) is 1.89. The van der Waals surface area contributed by atoms with Gasteiger partial charge in [0, 0.05) is 17.7 Å². The topological polar surface area (TPSA) is 93.8 Å². The predicted octanol–water partition coefficient (Wildman–Crippen LogP) is 3.14. The predicted molar refractivity (Wildman–Crippen MR) is 86.8 cm³/mol. The molecule has 0 aromatic heterocycles. The molecule has 7 heteroatoms. The molecule has 0 aliphatic heterocycles. The van der Waals surface area contributed by atoms with E-state index in [4.69, 9.17) is 0 Å². The summed E-state index contributed by atoms with van der Waals surface area (Å²) in [5.41, 5.74) is 2.31. The molecule has 7 nitrogen and oxygen atoms in total. The molecule has 0 atom stereocenters. The molecule has 0 radical (unpaired) electrons. The van der Waals surface area contributed by atoms with Gasteiger partial charge in [-0.2, -0.15) is 0 Å². The number of aryl methyl sites for hydroxylation is 1. The number of carbonyl (C=O) groups excluding carboxylic acids is 1. The maximum absolute atomic E-state index is 12.2. The molecule has 0 unspecified atom stereocenters. The molecule has 2 aromatic rings. The maximum atomic E-state index is 12.2. The molecule has 0 fully saturated rings. The second-order valence-electron chi connectivity index (χ2n) is 4.75. The Labute approximate surface area is 132 Å². The van der Waals surface area contributed by atoms with Crippen LogP contribution in [0.2, 0.25) is 0 Å². The Bertz CT molecular complexity index is 754. The van der Waals surface area contributed by atoms with Gasteiger partial charge in [-0.15, -0.1) is 0 Å². The minimum Gasteiger partial charge on any atom is -0.399 e. The maximum Gasteiger partial charge on any atom is 0.271 e. The number of carbonyl (C=O) groups is 1. The van der Waals surface area contributed by atoms with E-state index in [2.05, 4.69) is 15.3 Å². The van der Waals surface area contributed by atoms with Crippen molar-refractivity contribution >= 4 is 23.5 Å². The van der Waals surface area contributed by atoms with Gasteiger partial charge in [-0.3, -0.25) is 14.9 Å². The Hall–Kier alpha value is -3.22. The lowest BCUT2D eigenvalue weighted by molar-refractivity contribution is -0.384. The van der Waals surface area contributed by atoms with Crippen molar-refractivity contribution in [2.75, 3.05) is 12.4 Å². The highest BCUT2D eigenvalue weighted by Crippen LogP contribution is 2.22. The van der Waals surface area contributed by atoms with Gasteiger partial charge in [0.15, 0.2) is 0 Å². The minimum atomic E-state index is -0.501. The van der Waals surface area contributed by atoms with E-state index < -0.39 is 4.92 Å². The molecule has 0 heterocycles. The second kappa shape index (κ2) is 7.17. The number of amides is 1. The number of benzene rings is 2. The molecule has 118 valence electrons. The average Bonchev–Trinajstić information content (AvgIpc) is 2.55. The molecular formula is C16H15N3O4. The number of hydrogen-bond acceptors (Lipinski definition) is 5. The van der Waals surface area contributed by atoms with E-state index in [0.29, 0.717) is 11.3 Å². The van der Waals surface area contributed by atoms with Crippen LogP contribution in [0.5, 0.6) is 0 Å². The molecule has 0 saturated carbocycles. The van der Waals surface area contributed by atoms with Gasteiger partial charge >= 0.3 is 0 Å². The molecule has 1 N–H and O–H groups in total. The van der Waals surface area contributed by atoms with Gasteiger partial charge in [0.2, 0.25) is 0 Å². The zero-order valence-electron chi connectivity index (χ0n) is 12.6. The summed E-state index contributed by atoms with van der Waals surface area (Å²) < 4.78 is 0. The Morgan fingerprint density at radius 2 is 1.96 bits per heavy atom. The highest BCUT2D eigenvalue weighted by Gasteiger charge is 2.12. The first-order valence-electron chi connectivity index (χ1n) is 6.74. The fraction of sp³-hybridized carbons (Fsp3) is 0.125. The van der Waals surface area contributed by atoms with E-state index in [9.17, 15) is 14.9 Å². The van der Waals surface area contributed by atoms with Crippen LogP contribution in [0.25, 0.3) is 0 Å². The molecular weight excluding hydrogens is 298 g/mol. The van der Waals surface area contributed by atoms with Crippen LogP contribution in [-0.4, -0.2) is 24.2 Å². The van der Waals surface area contributed by atoms with E-state index in [1.54, 1.807) is 37.3 Å². The van der Waals surface area contributed by atoms with Gasteiger partial charge in [-0.05, 0) is 30.2 Å². The number of nitro groups is 1. The van der Waals surface area contributed by atoms with Crippen LogP contribution in [0.3, 0.4) is 0 Å². The summed E-state index contributed by atoms with van der Waals surface area (Å²) in [6.07, 6.45) is 1.52. The summed E-state index contributed by atoms with van der Waals surface area (Å²) in [5, 5.41) is 17.1. The van der Waals surface area contributed by atoms with E-state index in [1.807, 2.05) is 0 Å². The Morgan fingerprint density at radius 3 is 2.57 bits per heavy atom. The van der Waals surface area contributed by atoms with Crippen LogP contribution < -0.4 is 5.32 Å². The molecule has 2 rings (SSSR count). The number of rotatable bonds is 5. The molecule has 1 amide bonds. The number of nitrogens with one attached hydrogen (secondary N) is 1. The van der Waals surface area contributed by atoms with Crippen molar-refractivity contribution in [3.8, 4) is 0 Å². The van der Waals surface area contributed by atoms with Gasteiger partial charge in [-0.25, -0.2) is 0 Å². The van der Waals surface area contributed by atoms with E-state index >= 15 is 0 Å². The normalized spacial score (nSPS) is 10.5. The lowest BCUT2D eigenvalue weighted by Gasteiger charge is -2.08. The van der Waals surface area contributed by atoms with Gasteiger partial charge in [0.1, 0.15) is 7.11 Å². The van der Waals surface area contributed by atoms with Crippen molar-refractivity contribution in [3.63, 3.8) is 0 Å². The number of non-ortho nitro benzene ring substituents is 1. The van der Waals surface area contributed by atoms with Gasteiger partial charge in [0.25, 0.3) is 11.6 Å². The average molecular weight is 313 g/mol. The quantitative estimate of drug-likeness (QED) is 0.521. The van der Waals surface area contributed by atoms with E-state index in [-0.39, 0.29) is 11.6 Å². The van der Waals surface area contributed by atoms with Gasteiger partial charge in [-0.1, -0.05) is 23.4 Å². The highest BCUT2D eigenvalue weighted by atomic mass is 16.6. The second-order valence-corrected chi connectivity index (χ2v) is 4.75. The van der Waals surface area contributed by atoms with Crippen LogP contribution in [0.4, 0.5) is 11.4 Å². The summed E-state index contributed by atoms with van der Waals surface area (Å²) >= 11 is 0. The summed E-state index contributed by atoms with van der Waals surface area (Å²) in [6.45, 7) is 1.77. The third-order valence-corrected chi connectivity index (χ3v) is 3.16. The molecule has 0 aliphatic carbocycles. The molecule has 23 heavy (non-hydrogen) atoms. The fourth-order valence-electron chi connectivity index (χ4n) is 1.89. The number of anilines is 1. The SMILES string of the molecule is CO/N=C/c1ccc(C(=O)Nc2cc([N+](=O)[O-])ccc2C)cc1. The smallest absolute Gasteiger partial charge is 0.271 e. The largest absolute Gasteiger partial charge is 0.399 e. The minimum absolute atomic E-state index is 0.0722. The zero-order valence-corrected chi connectivity index (χ0v) is 12.6. The van der Waals surface area contributed by atoms with Crippen LogP contribution in [-0.2, 0) is 4.84 Å². The molecule has 0 saturated heterocycles. The summed E-state index contributed by atoms with van der Waals surface area (Å²) in [4.78, 5) is 27.1. The number of nitro benzene ring substituents is 1. The van der Waals surface area contributed by atoms with Crippen molar-refractivity contribution in [1.82, 2.24) is 0 Å². The lowest BCUT2D eigenvalue weighted by atomic mass is 10.1. The Balaban J connectivity index is 2.17. The van der Waals surface area contributed by atoms with Crippen molar-refractivity contribution in [3.05, 3.63) is 69.3 Å². The van der Waals surface area contributed by atoms with Gasteiger partial charge in [0.05, 0.1) is 16.8 Å². The Morgan fingerprint density at radius 1 is 1.26 bits per heavy atom. The van der Waals surface area contributed by atoms with Crippen molar-refractivity contribution < 1.29 is 14.6 Å². The molecule has 0 aliphatic rings. The molecule has 2 aromatic carbocycles. The monoisotopic (exact) mass is 313 g/mol. The molecule has 0 bridgehead atoms. The standard InChI is InChI=1S/C16H15N3O4/c1-11-3-8-14(19(21)22)9-15(11)18-16(20)13-6-4-12(5-7-13)10-17-23-2/h3-10H,1-2H3,(H,18,20)/b17-10+. The summed E-state index contributed by atoms with van der Waals surface area (Å²) in [7, 11) is 1.44. The van der Waals surface area contributed by atoms with Crippen LogP contribution >= 0.6 is 0 Å². The summed E-state index contributed by atoms with van der Waals surface area (Å²) in [6, 6.07) is 11.0. The van der Waals surface area contributed by atoms with Crippen LogP contribution in [0, 0.1) is 17.0 Å². The first-order valence-corrected chi connectivity index (χ1v) is 6.74. The van der Waals surface area contributed by atoms with Crippen LogP contribution in [0.15, 0.2) is 47.6 Å². The number of nitrogens with zero attached hydrogens (tertiary/aromatic N) is 2. The van der Waals surface area contributed by atoms with Crippen molar-refractivity contribution in [1.29, 1.82) is 0 Å². The zero-order chi connectivity index (χ0) is 16.8. The first-order chi connectivity index (χ1) is 11.0. The first kappa shape index (κ1) is 16.2. The lowest BCUT2D eigenvalue weighted by Crippen LogP contribution is -2.13. The third kappa shape index (κ3) is 4.13. The third-order valence-electron chi connectivity index (χ3n) is 3.16. The number of hydrogen-bond donors (Lipinski definition) is 1.